The molecule has 0 aliphatic heterocycles. The predicted octanol–water partition coefficient (Wildman–Crippen LogP) is 2.26. The molecule has 0 N–H and O–H groups in total. The largest absolute Gasteiger partial charge is 0.245 e. The number of aryl methyl sites for hydroxylation is 2. The maximum Gasteiger partial charge on any atom is 0.115 e. The Balaban J connectivity index is 1.96. The van der Waals surface area contributed by atoms with Crippen molar-refractivity contribution in [2.75, 3.05) is 0 Å². The SMILES string of the molecule is c1ccc(CCc2ccncn2)cc1. The van der Waals surface area contributed by atoms with Crippen molar-refractivity contribution in [3.8, 4) is 0 Å². The molecule has 0 aliphatic carbocycles. The van der Waals surface area contributed by atoms with Gasteiger partial charge >= 0.3 is 0 Å². The molecule has 2 aromatic rings. The van der Waals surface area contributed by atoms with Gasteiger partial charge in [0.25, 0.3) is 0 Å². The van der Waals surface area contributed by atoms with E-state index in [0.29, 0.717) is 0 Å². The van der Waals surface area contributed by atoms with E-state index in [1.807, 2.05) is 12.1 Å². The fourth-order valence-electron chi connectivity index (χ4n) is 1.38. The molecule has 2 nitrogen and oxygen atoms in total. The number of nitrogens with zero attached hydrogens (tertiary/aromatic N) is 2. The highest BCUT2D eigenvalue weighted by atomic mass is 14.8. The van der Waals surface area contributed by atoms with E-state index in [-0.39, 0.29) is 0 Å². The molecule has 0 saturated carbocycles. The molecule has 1 heterocycles. The Hall–Kier alpha value is -1.70. The van der Waals surface area contributed by atoms with Crippen LogP contribution in [0.3, 0.4) is 0 Å². The monoisotopic (exact) mass is 184 g/mol. The van der Waals surface area contributed by atoms with E-state index >= 15 is 0 Å². The van der Waals surface area contributed by atoms with Gasteiger partial charge in [-0.15, -0.1) is 0 Å². The van der Waals surface area contributed by atoms with Gasteiger partial charge in [0.1, 0.15) is 6.33 Å². The second-order valence-corrected chi connectivity index (χ2v) is 3.19. The van der Waals surface area contributed by atoms with Crippen LogP contribution in [-0.2, 0) is 12.8 Å². The number of hydrogen-bond donors (Lipinski definition) is 0. The van der Waals surface area contributed by atoms with Crippen LogP contribution in [0.15, 0.2) is 48.9 Å². The minimum atomic E-state index is 0.979. The van der Waals surface area contributed by atoms with Crippen molar-refractivity contribution in [2.45, 2.75) is 12.8 Å². The number of benzene rings is 1. The zero-order valence-electron chi connectivity index (χ0n) is 7.93. The van der Waals surface area contributed by atoms with Crippen LogP contribution in [0.2, 0.25) is 0 Å². The Labute approximate surface area is 83.7 Å². The molecular weight excluding hydrogens is 172 g/mol. The normalized spacial score (nSPS) is 10.0. The van der Waals surface area contributed by atoms with E-state index in [1.165, 1.54) is 5.56 Å². The maximum atomic E-state index is 4.18. The third-order valence-electron chi connectivity index (χ3n) is 2.16. The van der Waals surface area contributed by atoms with E-state index < -0.39 is 0 Å². The van der Waals surface area contributed by atoms with Crippen LogP contribution in [0.5, 0.6) is 0 Å². The van der Waals surface area contributed by atoms with Gasteiger partial charge < -0.3 is 0 Å². The van der Waals surface area contributed by atoms with Crippen molar-refractivity contribution in [2.24, 2.45) is 0 Å². The van der Waals surface area contributed by atoms with Gasteiger partial charge in [-0.1, -0.05) is 30.3 Å². The van der Waals surface area contributed by atoms with E-state index in [1.54, 1.807) is 12.5 Å². The third-order valence-corrected chi connectivity index (χ3v) is 2.16. The summed E-state index contributed by atoms with van der Waals surface area (Å²) in [5.74, 6) is 0. The first-order chi connectivity index (χ1) is 6.95. The molecular formula is C12H12N2. The summed E-state index contributed by atoms with van der Waals surface area (Å²) in [6.07, 6.45) is 5.40. The summed E-state index contributed by atoms with van der Waals surface area (Å²) in [7, 11) is 0. The smallest absolute Gasteiger partial charge is 0.115 e. The number of rotatable bonds is 3. The molecule has 1 aromatic carbocycles. The Morgan fingerprint density at radius 1 is 0.929 bits per heavy atom. The van der Waals surface area contributed by atoms with Crippen molar-refractivity contribution in [1.82, 2.24) is 9.97 Å². The number of aromatic nitrogens is 2. The zero-order valence-corrected chi connectivity index (χ0v) is 7.93. The van der Waals surface area contributed by atoms with Gasteiger partial charge in [0, 0.05) is 11.9 Å². The molecule has 2 rings (SSSR count). The average molecular weight is 184 g/mol. The summed E-state index contributed by atoms with van der Waals surface area (Å²) in [5.41, 5.74) is 2.45. The van der Waals surface area contributed by atoms with Crippen molar-refractivity contribution >= 4 is 0 Å². The van der Waals surface area contributed by atoms with Gasteiger partial charge in [0.05, 0.1) is 0 Å². The minimum absolute atomic E-state index is 0.979. The summed E-state index contributed by atoms with van der Waals surface area (Å²) < 4.78 is 0. The maximum absolute atomic E-state index is 4.18. The van der Waals surface area contributed by atoms with Crippen LogP contribution in [-0.4, -0.2) is 9.97 Å². The first kappa shape index (κ1) is 8.88. The molecule has 0 unspecified atom stereocenters. The zero-order chi connectivity index (χ0) is 9.64. The van der Waals surface area contributed by atoms with Gasteiger partial charge in [0.2, 0.25) is 0 Å². The summed E-state index contributed by atoms with van der Waals surface area (Å²) >= 11 is 0. The van der Waals surface area contributed by atoms with Crippen LogP contribution >= 0.6 is 0 Å². The summed E-state index contributed by atoms with van der Waals surface area (Å²) in [6, 6.07) is 12.4. The van der Waals surface area contributed by atoms with E-state index in [2.05, 4.69) is 34.2 Å². The minimum Gasteiger partial charge on any atom is -0.245 e. The number of hydrogen-bond acceptors (Lipinski definition) is 2. The fraction of sp³-hybridized carbons (Fsp3) is 0.167. The lowest BCUT2D eigenvalue weighted by atomic mass is 10.1. The lowest BCUT2D eigenvalue weighted by molar-refractivity contribution is 0.900. The van der Waals surface area contributed by atoms with Crippen LogP contribution in [0.4, 0.5) is 0 Å². The predicted molar refractivity (Wildman–Crippen MR) is 55.9 cm³/mol. The van der Waals surface area contributed by atoms with Crippen LogP contribution in [0.25, 0.3) is 0 Å². The second-order valence-electron chi connectivity index (χ2n) is 3.19. The fourth-order valence-corrected chi connectivity index (χ4v) is 1.38. The molecule has 2 heteroatoms. The lowest BCUT2D eigenvalue weighted by Gasteiger charge is -1.99. The molecule has 1 aromatic heterocycles. The molecule has 0 radical (unpaired) electrons. The van der Waals surface area contributed by atoms with E-state index in [9.17, 15) is 0 Å². The first-order valence-corrected chi connectivity index (χ1v) is 4.74. The molecule has 0 amide bonds. The van der Waals surface area contributed by atoms with Crippen molar-refractivity contribution < 1.29 is 0 Å². The third kappa shape index (κ3) is 2.39. The second kappa shape index (κ2) is 4.51. The van der Waals surface area contributed by atoms with E-state index in [4.69, 9.17) is 0 Å². The molecule has 0 spiro atoms. The summed E-state index contributed by atoms with van der Waals surface area (Å²) in [6.45, 7) is 0. The molecule has 0 saturated heterocycles. The molecule has 0 atom stereocenters. The van der Waals surface area contributed by atoms with Gasteiger partial charge in [-0.25, -0.2) is 9.97 Å². The summed E-state index contributed by atoms with van der Waals surface area (Å²) in [5, 5.41) is 0. The molecule has 0 fully saturated rings. The molecule has 0 aliphatic rings. The Morgan fingerprint density at radius 2 is 1.79 bits per heavy atom. The van der Waals surface area contributed by atoms with Gasteiger partial charge in [-0.05, 0) is 24.5 Å². The van der Waals surface area contributed by atoms with Crippen LogP contribution in [0.1, 0.15) is 11.3 Å². The highest BCUT2D eigenvalue weighted by molar-refractivity contribution is 5.16. The average Bonchev–Trinajstić information content (AvgIpc) is 2.29. The lowest BCUT2D eigenvalue weighted by Crippen LogP contribution is -1.93. The van der Waals surface area contributed by atoms with E-state index in [0.717, 1.165) is 18.5 Å². The highest BCUT2D eigenvalue weighted by Gasteiger charge is 1.94. The molecule has 14 heavy (non-hydrogen) atoms. The summed E-state index contributed by atoms with van der Waals surface area (Å²) in [4.78, 5) is 8.07. The standard InChI is InChI=1S/C12H12N2/c1-2-4-11(5-3-1)6-7-12-8-9-13-10-14-12/h1-5,8-10H,6-7H2. The molecule has 70 valence electrons. The van der Waals surface area contributed by atoms with Crippen molar-refractivity contribution in [1.29, 1.82) is 0 Å². The van der Waals surface area contributed by atoms with Gasteiger partial charge in [0.15, 0.2) is 0 Å². The quantitative estimate of drug-likeness (QED) is 0.731. The van der Waals surface area contributed by atoms with Gasteiger partial charge in [-0.3, -0.25) is 0 Å². The van der Waals surface area contributed by atoms with Gasteiger partial charge in [-0.2, -0.15) is 0 Å². The first-order valence-electron chi connectivity index (χ1n) is 4.74. The van der Waals surface area contributed by atoms with Crippen molar-refractivity contribution in [3.63, 3.8) is 0 Å². The topological polar surface area (TPSA) is 25.8 Å². The Bertz CT molecular complexity index is 331. The van der Waals surface area contributed by atoms with Crippen molar-refractivity contribution in [3.05, 3.63) is 60.2 Å². The highest BCUT2D eigenvalue weighted by Crippen LogP contribution is 2.03. The molecule has 0 bridgehead atoms. The van der Waals surface area contributed by atoms with Crippen LogP contribution in [0, 0.1) is 0 Å². The Kier molecular flexibility index (Phi) is 2.86. The Morgan fingerprint density at radius 3 is 2.50 bits per heavy atom. The van der Waals surface area contributed by atoms with Crippen LogP contribution < -0.4 is 0 Å².